The highest BCUT2D eigenvalue weighted by atomic mass is 16.5. The minimum atomic E-state index is -0.631. The molecule has 1 aromatic heterocycles. The molecule has 3 aromatic rings. The number of aromatic nitrogens is 2. The van der Waals surface area contributed by atoms with E-state index in [9.17, 15) is 14.9 Å². The van der Waals surface area contributed by atoms with Gasteiger partial charge in [-0.1, -0.05) is 43.5 Å². The summed E-state index contributed by atoms with van der Waals surface area (Å²) in [6, 6.07) is 18.3. The van der Waals surface area contributed by atoms with Gasteiger partial charge in [-0.2, -0.15) is 5.26 Å². The second-order valence-electron chi connectivity index (χ2n) is 9.00. The Morgan fingerprint density at radius 2 is 1.68 bits per heavy atom. The number of carbonyl (C=O) groups excluding carboxylic acids is 2. The Hall–Kier alpha value is -4.29. The van der Waals surface area contributed by atoms with Crippen LogP contribution < -0.4 is 16.0 Å². The number of carbonyl (C=O) groups is 2. The maximum absolute atomic E-state index is 13.0. The predicted molar refractivity (Wildman–Crippen MR) is 140 cm³/mol. The van der Waals surface area contributed by atoms with Gasteiger partial charge in [-0.05, 0) is 54.3 Å². The topological polar surface area (TPSA) is 129 Å². The number of nitrogens with zero attached hydrogens (tertiary/aromatic N) is 3. The molecule has 9 heteroatoms. The Labute approximate surface area is 216 Å². The number of hydrogen-bond donors (Lipinski definition) is 3. The van der Waals surface area contributed by atoms with E-state index < -0.39 is 5.54 Å². The molecule has 37 heavy (non-hydrogen) atoms. The van der Waals surface area contributed by atoms with E-state index in [1.54, 1.807) is 31.5 Å². The summed E-state index contributed by atoms with van der Waals surface area (Å²) >= 11 is 0. The van der Waals surface area contributed by atoms with Crippen LogP contribution in [0.3, 0.4) is 0 Å². The summed E-state index contributed by atoms with van der Waals surface area (Å²) in [6.07, 6.45) is 6.10. The van der Waals surface area contributed by atoms with Crippen molar-refractivity contribution in [2.75, 3.05) is 25.6 Å². The zero-order valence-corrected chi connectivity index (χ0v) is 20.8. The van der Waals surface area contributed by atoms with Crippen LogP contribution in [0.15, 0.2) is 60.8 Å². The summed E-state index contributed by atoms with van der Waals surface area (Å²) in [6.45, 7) is 0.923. The lowest BCUT2D eigenvalue weighted by Gasteiger charge is -2.37. The van der Waals surface area contributed by atoms with E-state index in [4.69, 9.17) is 4.74 Å². The van der Waals surface area contributed by atoms with Crippen LogP contribution in [0.25, 0.3) is 11.1 Å². The molecule has 1 heterocycles. The van der Waals surface area contributed by atoms with E-state index in [0.29, 0.717) is 30.1 Å². The molecule has 0 aliphatic heterocycles. The number of ether oxygens (including phenoxy) is 1. The van der Waals surface area contributed by atoms with Crippen molar-refractivity contribution in [3.05, 3.63) is 77.9 Å². The summed E-state index contributed by atoms with van der Waals surface area (Å²) in [5, 5.41) is 18.1. The predicted octanol–water partition coefficient (Wildman–Crippen LogP) is 4.37. The van der Waals surface area contributed by atoms with Gasteiger partial charge in [0.15, 0.2) is 0 Å². The van der Waals surface area contributed by atoms with Crippen molar-refractivity contribution in [3.63, 3.8) is 0 Å². The molecule has 1 aliphatic carbocycles. The molecule has 3 N–H and O–H groups in total. The quantitative estimate of drug-likeness (QED) is 0.396. The molecule has 0 radical (unpaired) electrons. The van der Waals surface area contributed by atoms with Gasteiger partial charge < -0.3 is 20.7 Å². The van der Waals surface area contributed by atoms with E-state index in [1.165, 1.54) is 0 Å². The summed E-state index contributed by atoms with van der Waals surface area (Å²) in [5.41, 5.74) is 3.20. The zero-order valence-electron chi connectivity index (χ0n) is 20.8. The smallest absolute Gasteiger partial charge is 0.319 e. The number of urea groups is 1. The highest BCUT2D eigenvalue weighted by Gasteiger charge is 2.37. The molecule has 0 spiro atoms. The van der Waals surface area contributed by atoms with Gasteiger partial charge in [0, 0.05) is 31.1 Å². The van der Waals surface area contributed by atoms with Crippen molar-refractivity contribution in [2.24, 2.45) is 0 Å². The average Bonchev–Trinajstić information content (AvgIpc) is 2.94. The highest BCUT2D eigenvalue weighted by Crippen LogP contribution is 2.36. The third-order valence-corrected chi connectivity index (χ3v) is 6.52. The third kappa shape index (κ3) is 6.48. The van der Waals surface area contributed by atoms with Gasteiger partial charge in [-0.3, -0.25) is 4.79 Å². The number of methoxy groups -OCH3 is 1. The lowest BCUT2D eigenvalue weighted by Crippen LogP contribution is -2.49. The normalized spacial score (nSPS) is 14.3. The Morgan fingerprint density at radius 1 is 1.00 bits per heavy atom. The molecule has 0 bridgehead atoms. The van der Waals surface area contributed by atoms with Gasteiger partial charge in [-0.25, -0.2) is 14.8 Å². The SMILES string of the molecule is COCCNC(=O)c1ccc(-c2ccc(NC(=O)NC3(c4ccnc(C#N)n4)CCCCC3)cc2)cc1. The maximum Gasteiger partial charge on any atom is 0.319 e. The fourth-order valence-electron chi connectivity index (χ4n) is 4.59. The molecule has 1 fully saturated rings. The monoisotopic (exact) mass is 498 g/mol. The highest BCUT2D eigenvalue weighted by molar-refractivity contribution is 5.94. The standard InChI is InChI=1S/C28H30N6O3/c1-37-18-17-31-26(35)22-7-5-20(6-8-22)21-9-11-23(12-10-21)32-27(36)34-28(14-3-2-4-15-28)24-13-16-30-25(19-29)33-24/h5-13,16H,2-4,14-15,17-18H2,1H3,(H,31,35)(H2,32,34,36). The Bertz CT molecular complexity index is 1260. The number of amides is 3. The number of nitrogens with one attached hydrogen (secondary N) is 3. The van der Waals surface area contributed by atoms with Gasteiger partial charge in [0.25, 0.3) is 5.91 Å². The van der Waals surface area contributed by atoms with Crippen molar-refractivity contribution >= 4 is 17.6 Å². The van der Waals surface area contributed by atoms with Gasteiger partial charge >= 0.3 is 6.03 Å². The van der Waals surface area contributed by atoms with Crippen LogP contribution >= 0.6 is 0 Å². The van der Waals surface area contributed by atoms with E-state index in [0.717, 1.165) is 43.2 Å². The van der Waals surface area contributed by atoms with Gasteiger partial charge in [-0.15, -0.1) is 0 Å². The first-order valence-corrected chi connectivity index (χ1v) is 12.3. The van der Waals surface area contributed by atoms with Crippen LogP contribution in [-0.2, 0) is 10.3 Å². The fourth-order valence-corrected chi connectivity index (χ4v) is 4.59. The van der Waals surface area contributed by atoms with Crippen LogP contribution in [-0.4, -0.2) is 42.2 Å². The molecule has 9 nitrogen and oxygen atoms in total. The zero-order chi connectivity index (χ0) is 26.1. The van der Waals surface area contributed by atoms with E-state index in [2.05, 4.69) is 25.9 Å². The molecule has 4 rings (SSSR count). The largest absolute Gasteiger partial charge is 0.383 e. The lowest BCUT2D eigenvalue weighted by molar-refractivity contribution is 0.0937. The van der Waals surface area contributed by atoms with E-state index in [-0.39, 0.29) is 17.8 Å². The molecule has 1 saturated carbocycles. The van der Waals surface area contributed by atoms with Gasteiger partial charge in [0.1, 0.15) is 6.07 Å². The molecule has 2 aromatic carbocycles. The van der Waals surface area contributed by atoms with Crippen LogP contribution in [0.2, 0.25) is 0 Å². The van der Waals surface area contributed by atoms with Crippen molar-refractivity contribution in [2.45, 2.75) is 37.6 Å². The summed E-state index contributed by atoms with van der Waals surface area (Å²) in [4.78, 5) is 33.5. The molecule has 0 atom stereocenters. The molecule has 0 saturated heterocycles. The molecule has 0 unspecified atom stereocenters. The van der Waals surface area contributed by atoms with E-state index in [1.807, 2.05) is 42.5 Å². The minimum Gasteiger partial charge on any atom is -0.383 e. The lowest BCUT2D eigenvalue weighted by atomic mass is 9.79. The van der Waals surface area contributed by atoms with E-state index >= 15 is 0 Å². The van der Waals surface area contributed by atoms with Crippen molar-refractivity contribution in [1.29, 1.82) is 5.26 Å². The second-order valence-corrected chi connectivity index (χ2v) is 9.00. The number of hydrogen-bond acceptors (Lipinski definition) is 6. The van der Waals surface area contributed by atoms with Crippen LogP contribution in [0, 0.1) is 11.3 Å². The Kier molecular flexibility index (Phi) is 8.44. The number of nitriles is 1. The molecular weight excluding hydrogens is 468 g/mol. The van der Waals surface area contributed by atoms with Crippen LogP contribution in [0.5, 0.6) is 0 Å². The molecule has 1 aliphatic rings. The second kappa shape index (κ2) is 12.1. The molecule has 190 valence electrons. The van der Waals surface area contributed by atoms with Gasteiger partial charge in [0.2, 0.25) is 5.82 Å². The third-order valence-electron chi connectivity index (χ3n) is 6.52. The molecule has 3 amide bonds. The maximum atomic E-state index is 13.0. The van der Waals surface area contributed by atoms with Crippen LogP contribution in [0.4, 0.5) is 10.5 Å². The summed E-state index contributed by atoms with van der Waals surface area (Å²) in [5.74, 6) is -0.0456. The molecular formula is C28H30N6O3. The summed E-state index contributed by atoms with van der Waals surface area (Å²) in [7, 11) is 1.59. The van der Waals surface area contributed by atoms with Crippen LogP contribution in [0.1, 0.15) is 54.0 Å². The Morgan fingerprint density at radius 3 is 2.32 bits per heavy atom. The fraction of sp³-hybridized carbons (Fsp3) is 0.321. The first-order chi connectivity index (χ1) is 18.0. The summed E-state index contributed by atoms with van der Waals surface area (Å²) < 4.78 is 4.95. The Balaban J connectivity index is 1.40. The minimum absolute atomic E-state index is 0.0972. The number of anilines is 1. The first-order valence-electron chi connectivity index (χ1n) is 12.3. The van der Waals surface area contributed by atoms with Gasteiger partial charge in [0.05, 0.1) is 17.8 Å². The van der Waals surface area contributed by atoms with Crippen molar-refractivity contribution < 1.29 is 14.3 Å². The average molecular weight is 499 g/mol. The van der Waals surface area contributed by atoms with Crippen molar-refractivity contribution in [3.8, 4) is 17.2 Å². The number of benzene rings is 2. The first kappa shape index (κ1) is 25.8. The van der Waals surface area contributed by atoms with Crippen molar-refractivity contribution in [1.82, 2.24) is 20.6 Å². The number of rotatable bonds is 8.